The van der Waals surface area contributed by atoms with E-state index >= 15 is 0 Å². The lowest BCUT2D eigenvalue weighted by Gasteiger charge is -2.34. The summed E-state index contributed by atoms with van der Waals surface area (Å²) in [5, 5.41) is 3.73. The van der Waals surface area contributed by atoms with E-state index in [1.54, 1.807) is 30.5 Å². The number of piperazine rings is 1. The highest BCUT2D eigenvalue weighted by Gasteiger charge is 2.31. The van der Waals surface area contributed by atoms with Crippen molar-refractivity contribution < 1.29 is 27.2 Å². The van der Waals surface area contributed by atoms with Gasteiger partial charge in [0, 0.05) is 38.4 Å². The molecule has 34 heavy (non-hydrogen) atoms. The summed E-state index contributed by atoms with van der Waals surface area (Å²) in [7, 11) is -3.77. The number of hydrogen-bond acceptors (Lipinski definition) is 9. The van der Waals surface area contributed by atoms with Gasteiger partial charge in [0.25, 0.3) is 0 Å². The molecule has 1 saturated heterocycles. The number of nitrogens with zero attached hydrogens (tertiary/aromatic N) is 5. The SMILES string of the molecule is O=C(Cn1c(-c2ccccn2)noc1=O)N1CCN(S(=O)(=O)c2ccc3c(c2)OCCO3)CC1. The number of carbonyl (C=O) groups excluding carboxylic acids is 1. The summed E-state index contributed by atoms with van der Waals surface area (Å²) in [6.45, 7) is 1.09. The second-order valence-corrected chi connectivity index (χ2v) is 9.60. The highest BCUT2D eigenvalue weighted by atomic mass is 32.2. The summed E-state index contributed by atoms with van der Waals surface area (Å²) in [5.74, 6) is -0.0647. The Balaban J connectivity index is 1.26. The Hall–Kier alpha value is -3.71. The van der Waals surface area contributed by atoms with Gasteiger partial charge in [-0.3, -0.25) is 14.3 Å². The van der Waals surface area contributed by atoms with Gasteiger partial charge in [-0.25, -0.2) is 17.8 Å². The Kier molecular flexibility index (Phi) is 5.79. The Morgan fingerprint density at radius 3 is 2.50 bits per heavy atom. The molecule has 1 aromatic carbocycles. The summed E-state index contributed by atoms with van der Waals surface area (Å²) in [5.41, 5.74) is 0.400. The Labute approximate surface area is 194 Å². The number of pyridine rings is 1. The Morgan fingerprint density at radius 1 is 1.00 bits per heavy atom. The van der Waals surface area contributed by atoms with Crippen molar-refractivity contribution in [3.8, 4) is 23.0 Å². The van der Waals surface area contributed by atoms with Gasteiger partial charge in [0.1, 0.15) is 25.5 Å². The molecule has 0 spiro atoms. The van der Waals surface area contributed by atoms with Crippen LogP contribution in [0.2, 0.25) is 0 Å². The molecule has 13 heteroatoms. The molecule has 4 heterocycles. The molecule has 1 amide bonds. The van der Waals surface area contributed by atoms with Crippen LogP contribution >= 0.6 is 0 Å². The number of sulfonamides is 1. The maximum Gasteiger partial charge on any atom is 0.442 e. The Bertz CT molecular complexity index is 1360. The standard InChI is InChI=1S/C21H21N5O7S/c27-19(14-26-20(23-33-21(26)28)16-3-1-2-6-22-16)24-7-9-25(10-8-24)34(29,30)15-4-5-17-18(13-15)32-12-11-31-17/h1-6,13H,7-12,14H2. The Morgan fingerprint density at radius 2 is 1.76 bits per heavy atom. The molecule has 178 valence electrons. The summed E-state index contributed by atoms with van der Waals surface area (Å²) < 4.78 is 44.3. The molecule has 0 aliphatic carbocycles. The van der Waals surface area contributed by atoms with E-state index in [0.717, 1.165) is 4.57 Å². The van der Waals surface area contributed by atoms with Crippen LogP contribution in [-0.2, 0) is 21.4 Å². The molecular weight excluding hydrogens is 466 g/mol. The minimum Gasteiger partial charge on any atom is -0.486 e. The van der Waals surface area contributed by atoms with Crippen LogP contribution in [0.15, 0.2) is 56.8 Å². The number of hydrogen-bond donors (Lipinski definition) is 0. The fourth-order valence-electron chi connectivity index (χ4n) is 3.83. The molecule has 2 aliphatic rings. The van der Waals surface area contributed by atoms with Gasteiger partial charge in [0.15, 0.2) is 11.5 Å². The quantitative estimate of drug-likeness (QED) is 0.494. The molecule has 12 nitrogen and oxygen atoms in total. The first kappa shape index (κ1) is 22.1. The van der Waals surface area contributed by atoms with E-state index < -0.39 is 15.8 Å². The summed E-state index contributed by atoms with van der Waals surface area (Å²) in [4.78, 5) is 30.7. The van der Waals surface area contributed by atoms with Gasteiger partial charge in [-0.05, 0) is 24.3 Å². The monoisotopic (exact) mass is 487 g/mol. The second-order valence-electron chi connectivity index (χ2n) is 7.66. The van der Waals surface area contributed by atoms with Crippen molar-refractivity contribution in [3.63, 3.8) is 0 Å². The van der Waals surface area contributed by atoms with Crippen molar-refractivity contribution >= 4 is 15.9 Å². The number of aromatic nitrogens is 3. The second kappa shape index (κ2) is 8.91. The van der Waals surface area contributed by atoms with Crippen molar-refractivity contribution in [1.29, 1.82) is 0 Å². The summed E-state index contributed by atoms with van der Waals surface area (Å²) in [6, 6.07) is 9.62. The van der Waals surface area contributed by atoms with Crippen LogP contribution in [0.3, 0.4) is 0 Å². The first-order valence-corrected chi connectivity index (χ1v) is 12.0. The fourth-order valence-corrected chi connectivity index (χ4v) is 5.27. The first-order chi connectivity index (χ1) is 16.4. The van der Waals surface area contributed by atoms with E-state index in [4.69, 9.17) is 14.0 Å². The topological polar surface area (TPSA) is 137 Å². The lowest BCUT2D eigenvalue weighted by atomic mass is 10.3. The van der Waals surface area contributed by atoms with E-state index in [9.17, 15) is 18.0 Å². The lowest BCUT2D eigenvalue weighted by molar-refractivity contribution is -0.133. The van der Waals surface area contributed by atoms with Crippen molar-refractivity contribution in [1.82, 2.24) is 23.9 Å². The number of ether oxygens (including phenoxy) is 2. The van der Waals surface area contributed by atoms with Gasteiger partial charge in [-0.2, -0.15) is 4.31 Å². The van der Waals surface area contributed by atoms with Crippen LogP contribution in [0.1, 0.15) is 0 Å². The molecule has 3 aromatic rings. The predicted molar refractivity (Wildman–Crippen MR) is 117 cm³/mol. The van der Waals surface area contributed by atoms with Gasteiger partial charge in [-0.1, -0.05) is 11.2 Å². The third-order valence-electron chi connectivity index (χ3n) is 5.62. The fraction of sp³-hybridized carbons (Fsp3) is 0.333. The molecule has 0 N–H and O–H groups in total. The zero-order chi connectivity index (χ0) is 23.7. The average molecular weight is 487 g/mol. The summed E-state index contributed by atoms with van der Waals surface area (Å²) in [6.07, 6.45) is 1.54. The third-order valence-corrected chi connectivity index (χ3v) is 7.51. The number of amides is 1. The van der Waals surface area contributed by atoms with E-state index in [1.807, 2.05) is 0 Å². The van der Waals surface area contributed by atoms with Crippen LogP contribution in [-0.4, -0.2) is 77.6 Å². The number of carbonyl (C=O) groups is 1. The van der Waals surface area contributed by atoms with E-state index in [0.29, 0.717) is 30.4 Å². The highest BCUT2D eigenvalue weighted by Crippen LogP contribution is 2.33. The van der Waals surface area contributed by atoms with Crippen LogP contribution < -0.4 is 15.2 Å². The van der Waals surface area contributed by atoms with Gasteiger partial charge in [-0.15, -0.1) is 0 Å². The van der Waals surface area contributed by atoms with E-state index in [-0.39, 0.29) is 49.4 Å². The summed E-state index contributed by atoms with van der Waals surface area (Å²) >= 11 is 0. The minimum atomic E-state index is -3.77. The van der Waals surface area contributed by atoms with E-state index in [1.165, 1.54) is 21.3 Å². The van der Waals surface area contributed by atoms with Crippen molar-refractivity contribution in [2.75, 3.05) is 39.4 Å². The number of fused-ring (bicyclic) bond motifs is 1. The molecule has 0 saturated carbocycles. The normalized spacial score (nSPS) is 16.4. The molecule has 5 rings (SSSR count). The predicted octanol–water partition coefficient (Wildman–Crippen LogP) is 0.203. The number of benzene rings is 1. The van der Waals surface area contributed by atoms with Gasteiger partial charge < -0.3 is 14.4 Å². The van der Waals surface area contributed by atoms with Crippen LogP contribution in [0, 0.1) is 0 Å². The average Bonchev–Trinajstić information content (AvgIpc) is 3.24. The van der Waals surface area contributed by atoms with E-state index in [2.05, 4.69) is 10.1 Å². The molecule has 0 atom stereocenters. The molecule has 0 bridgehead atoms. The molecule has 2 aliphatic heterocycles. The largest absolute Gasteiger partial charge is 0.486 e. The van der Waals surface area contributed by atoms with Crippen LogP contribution in [0.25, 0.3) is 11.5 Å². The van der Waals surface area contributed by atoms with Gasteiger partial charge in [0.2, 0.25) is 21.8 Å². The number of rotatable bonds is 5. The lowest BCUT2D eigenvalue weighted by Crippen LogP contribution is -2.51. The zero-order valence-electron chi connectivity index (χ0n) is 18.0. The van der Waals surface area contributed by atoms with Gasteiger partial charge >= 0.3 is 5.76 Å². The maximum absolute atomic E-state index is 13.1. The zero-order valence-corrected chi connectivity index (χ0v) is 18.8. The van der Waals surface area contributed by atoms with Crippen molar-refractivity contribution in [3.05, 3.63) is 53.1 Å². The van der Waals surface area contributed by atoms with Crippen molar-refractivity contribution in [2.24, 2.45) is 0 Å². The van der Waals surface area contributed by atoms with Crippen LogP contribution in [0.4, 0.5) is 0 Å². The molecule has 0 unspecified atom stereocenters. The van der Waals surface area contributed by atoms with Gasteiger partial charge in [0.05, 0.1) is 4.90 Å². The minimum absolute atomic E-state index is 0.104. The molecule has 0 radical (unpaired) electrons. The smallest absolute Gasteiger partial charge is 0.442 e. The highest BCUT2D eigenvalue weighted by molar-refractivity contribution is 7.89. The molecule has 1 fully saturated rings. The third kappa shape index (κ3) is 4.15. The molecule has 2 aromatic heterocycles. The van der Waals surface area contributed by atoms with Crippen LogP contribution in [0.5, 0.6) is 11.5 Å². The van der Waals surface area contributed by atoms with Crippen molar-refractivity contribution in [2.45, 2.75) is 11.4 Å². The maximum atomic E-state index is 13.1. The first-order valence-electron chi connectivity index (χ1n) is 10.6. The molecular formula is C21H21N5O7S.